The highest BCUT2D eigenvalue weighted by atomic mass is 32.2. The van der Waals surface area contributed by atoms with E-state index in [1.807, 2.05) is 51.1 Å². The monoisotopic (exact) mass is 485 g/mol. The van der Waals surface area contributed by atoms with Crippen LogP contribution < -0.4 is 5.56 Å². The SMILES string of the molecule is CCN(C(=O)CSc1nc2ccccc2c(=O)n1-c1cccc(C)c1C)C1CCS(=O)(=O)C1. The summed E-state index contributed by atoms with van der Waals surface area (Å²) in [4.78, 5) is 32.9. The molecule has 2 aromatic carbocycles. The van der Waals surface area contributed by atoms with Gasteiger partial charge >= 0.3 is 0 Å². The van der Waals surface area contributed by atoms with Crippen molar-refractivity contribution in [3.8, 4) is 5.69 Å². The van der Waals surface area contributed by atoms with E-state index in [1.165, 1.54) is 11.8 Å². The molecule has 1 saturated heterocycles. The van der Waals surface area contributed by atoms with Crippen LogP contribution in [0, 0.1) is 13.8 Å². The molecule has 1 aromatic heterocycles. The first kappa shape index (κ1) is 23.5. The highest BCUT2D eigenvalue weighted by Gasteiger charge is 2.34. The summed E-state index contributed by atoms with van der Waals surface area (Å²) >= 11 is 1.21. The van der Waals surface area contributed by atoms with Crippen molar-refractivity contribution < 1.29 is 13.2 Å². The summed E-state index contributed by atoms with van der Waals surface area (Å²) in [7, 11) is -3.09. The predicted octanol–water partition coefficient (Wildman–Crippen LogP) is 3.13. The zero-order valence-electron chi connectivity index (χ0n) is 18.9. The number of hydrogen-bond donors (Lipinski definition) is 0. The number of thioether (sulfide) groups is 1. The van der Waals surface area contributed by atoms with Crippen LogP contribution in [0.5, 0.6) is 0 Å². The Balaban J connectivity index is 1.71. The van der Waals surface area contributed by atoms with E-state index in [2.05, 4.69) is 0 Å². The van der Waals surface area contributed by atoms with Crippen molar-refractivity contribution in [3.63, 3.8) is 0 Å². The van der Waals surface area contributed by atoms with Gasteiger partial charge in [0.25, 0.3) is 5.56 Å². The molecule has 0 saturated carbocycles. The van der Waals surface area contributed by atoms with Crippen LogP contribution in [0.2, 0.25) is 0 Å². The number of carbonyl (C=O) groups excluding carboxylic acids is 1. The van der Waals surface area contributed by atoms with Gasteiger partial charge in [-0.15, -0.1) is 0 Å². The second-order valence-electron chi connectivity index (χ2n) is 8.30. The van der Waals surface area contributed by atoms with E-state index in [0.29, 0.717) is 29.0 Å². The van der Waals surface area contributed by atoms with Crippen molar-refractivity contribution in [1.29, 1.82) is 0 Å². The standard InChI is InChI=1S/C24H27N3O4S2/c1-4-26(18-12-13-33(30,31)15-18)22(28)14-32-24-25-20-10-6-5-9-19(20)23(29)27(24)21-11-7-8-16(2)17(21)3/h5-11,18H,4,12-15H2,1-3H3. The van der Waals surface area contributed by atoms with Gasteiger partial charge in [0.15, 0.2) is 15.0 Å². The summed E-state index contributed by atoms with van der Waals surface area (Å²) in [6.45, 7) is 6.25. The molecule has 4 rings (SSSR count). The Hall–Kier alpha value is -2.65. The third-order valence-electron chi connectivity index (χ3n) is 6.20. The number of aromatic nitrogens is 2. The lowest BCUT2D eigenvalue weighted by molar-refractivity contribution is -0.129. The summed E-state index contributed by atoms with van der Waals surface area (Å²) < 4.78 is 25.4. The maximum Gasteiger partial charge on any atom is 0.266 e. The zero-order valence-corrected chi connectivity index (χ0v) is 20.6. The number of benzene rings is 2. The number of nitrogens with zero attached hydrogens (tertiary/aromatic N) is 3. The number of fused-ring (bicyclic) bond motifs is 1. The Morgan fingerprint density at radius 2 is 1.94 bits per heavy atom. The molecule has 1 atom stereocenters. The fourth-order valence-corrected chi connectivity index (χ4v) is 6.89. The molecule has 1 fully saturated rings. The first-order valence-corrected chi connectivity index (χ1v) is 13.7. The van der Waals surface area contributed by atoms with E-state index >= 15 is 0 Å². The van der Waals surface area contributed by atoms with E-state index < -0.39 is 9.84 Å². The lowest BCUT2D eigenvalue weighted by Crippen LogP contribution is -2.42. The number of sulfone groups is 1. The molecule has 2 heterocycles. The third-order valence-corrected chi connectivity index (χ3v) is 8.87. The van der Waals surface area contributed by atoms with Crippen LogP contribution in [-0.4, -0.2) is 58.6 Å². The normalized spacial score (nSPS) is 17.4. The molecule has 9 heteroatoms. The third kappa shape index (κ3) is 4.70. The Morgan fingerprint density at radius 3 is 2.64 bits per heavy atom. The van der Waals surface area contributed by atoms with E-state index in [9.17, 15) is 18.0 Å². The lowest BCUT2D eigenvalue weighted by atomic mass is 10.1. The zero-order chi connectivity index (χ0) is 23.8. The molecule has 0 spiro atoms. The summed E-state index contributed by atoms with van der Waals surface area (Å²) in [6.07, 6.45) is 0.466. The summed E-state index contributed by atoms with van der Waals surface area (Å²) in [5.41, 5.74) is 3.16. The molecular formula is C24H27N3O4S2. The molecule has 1 aliphatic heterocycles. The van der Waals surface area contributed by atoms with Crippen molar-refractivity contribution in [3.05, 3.63) is 63.9 Å². The van der Waals surface area contributed by atoms with Gasteiger partial charge in [-0.05, 0) is 56.5 Å². The fraction of sp³-hybridized carbons (Fsp3) is 0.375. The average Bonchev–Trinajstić information content (AvgIpc) is 3.14. The molecule has 0 radical (unpaired) electrons. The highest BCUT2D eigenvalue weighted by molar-refractivity contribution is 7.99. The van der Waals surface area contributed by atoms with E-state index in [4.69, 9.17) is 4.98 Å². The lowest BCUT2D eigenvalue weighted by Gasteiger charge is -2.27. The van der Waals surface area contributed by atoms with E-state index in [0.717, 1.165) is 16.8 Å². The maximum absolute atomic E-state index is 13.5. The molecule has 0 N–H and O–H groups in total. The largest absolute Gasteiger partial charge is 0.338 e. The van der Waals surface area contributed by atoms with E-state index in [1.54, 1.807) is 21.6 Å². The van der Waals surface area contributed by atoms with Gasteiger partial charge in [0.1, 0.15) is 0 Å². The summed E-state index contributed by atoms with van der Waals surface area (Å²) in [6, 6.07) is 12.7. The van der Waals surface area contributed by atoms with Gasteiger partial charge in [-0.3, -0.25) is 14.2 Å². The molecule has 7 nitrogen and oxygen atoms in total. The topological polar surface area (TPSA) is 89.3 Å². The van der Waals surface area contributed by atoms with Crippen molar-refractivity contribution in [2.75, 3.05) is 23.8 Å². The number of carbonyl (C=O) groups is 1. The van der Waals surface area contributed by atoms with Crippen LogP contribution in [0.4, 0.5) is 0 Å². The molecule has 1 amide bonds. The van der Waals surface area contributed by atoms with Crippen LogP contribution >= 0.6 is 11.8 Å². The van der Waals surface area contributed by atoms with Crippen LogP contribution in [0.3, 0.4) is 0 Å². The van der Waals surface area contributed by atoms with Crippen LogP contribution in [0.15, 0.2) is 52.4 Å². The molecule has 174 valence electrons. The smallest absolute Gasteiger partial charge is 0.266 e. The number of aryl methyl sites for hydroxylation is 1. The van der Waals surface area contributed by atoms with Crippen molar-refractivity contribution in [2.45, 2.75) is 38.4 Å². The van der Waals surface area contributed by atoms with Crippen LogP contribution in [-0.2, 0) is 14.6 Å². The molecule has 33 heavy (non-hydrogen) atoms. The number of para-hydroxylation sites is 1. The van der Waals surface area contributed by atoms with Crippen LogP contribution in [0.25, 0.3) is 16.6 Å². The first-order valence-electron chi connectivity index (χ1n) is 10.9. The minimum Gasteiger partial charge on any atom is -0.338 e. The molecular weight excluding hydrogens is 458 g/mol. The number of hydrogen-bond acceptors (Lipinski definition) is 6. The second kappa shape index (κ2) is 9.30. The van der Waals surface area contributed by atoms with Gasteiger partial charge in [-0.2, -0.15) is 0 Å². The Kier molecular flexibility index (Phi) is 6.63. The quantitative estimate of drug-likeness (QED) is 0.394. The van der Waals surface area contributed by atoms with Gasteiger partial charge < -0.3 is 4.90 Å². The number of amides is 1. The minimum absolute atomic E-state index is 0.0126. The maximum atomic E-state index is 13.5. The molecule has 3 aromatic rings. The van der Waals surface area contributed by atoms with Gasteiger partial charge in [0.2, 0.25) is 5.91 Å². The average molecular weight is 486 g/mol. The summed E-state index contributed by atoms with van der Waals surface area (Å²) in [5.74, 6) is 0.0469. The summed E-state index contributed by atoms with van der Waals surface area (Å²) in [5, 5.41) is 0.955. The molecule has 0 aliphatic carbocycles. The fourth-order valence-electron chi connectivity index (χ4n) is 4.27. The van der Waals surface area contributed by atoms with Gasteiger partial charge in [0, 0.05) is 12.6 Å². The highest BCUT2D eigenvalue weighted by Crippen LogP contribution is 2.26. The Bertz CT molecular complexity index is 1380. The number of rotatable bonds is 6. The van der Waals surface area contributed by atoms with Crippen molar-refractivity contribution in [1.82, 2.24) is 14.5 Å². The van der Waals surface area contributed by atoms with Gasteiger partial charge in [-0.25, -0.2) is 13.4 Å². The van der Waals surface area contributed by atoms with Crippen LogP contribution in [0.1, 0.15) is 24.5 Å². The first-order chi connectivity index (χ1) is 15.7. The Labute approximate surface area is 197 Å². The minimum atomic E-state index is -3.09. The van der Waals surface area contributed by atoms with Gasteiger partial charge in [-0.1, -0.05) is 36.0 Å². The van der Waals surface area contributed by atoms with Crippen molar-refractivity contribution >= 4 is 38.4 Å². The van der Waals surface area contributed by atoms with Gasteiger partial charge in [0.05, 0.1) is 33.8 Å². The van der Waals surface area contributed by atoms with E-state index in [-0.39, 0.29) is 34.8 Å². The predicted molar refractivity (Wildman–Crippen MR) is 132 cm³/mol. The second-order valence-corrected chi connectivity index (χ2v) is 11.5. The van der Waals surface area contributed by atoms with Crippen molar-refractivity contribution in [2.24, 2.45) is 0 Å². The molecule has 1 unspecified atom stereocenters. The molecule has 0 bridgehead atoms. The Morgan fingerprint density at radius 1 is 1.18 bits per heavy atom. The molecule has 1 aliphatic rings.